The number of hydrogen-bond donors (Lipinski definition) is 2. The highest BCUT2D eigenvalue weighted by Gasteiger charge is 2.17. The first-order chi connectivity index (χ1) is 16.5. The maximum Gasteiger partial charge on any atom is 0.290 e. The second-order valence-corrected chi connectivity index (χ2v) is 7.93. The smallest absolute Gasteiger partial charge is 0.290 e. The maximum absolute atomic E-state index is 12.8. The molecule has 0 bridgehead atoms. The van der Waals surface area contributed by atoms with Gasteiger partial charge in [0, 0.05) is 30.3 Å². The highest BCUT2D eigenvalue weighted by atomic mass is 35.5. The monoisotopic (exact) mass is 479 g/mol. The van der Waals surface area contributed by atoms with Gasteiger partial charge in [-0.05, 0) is 24.6 Å². The van der Waals surface area contributed by atoms with Gasteiger partial charge in [0.2, 0.25) is 5.91 Å². The topological polar surface area (TPSA) is 119 Å². The zero-order chi connectivity index (χ0) is 24.1. The van der Waals surface area contributed by atoms with Crippen molar-refractivity contribution in [1.29, 1.82) is 0 Å². The average Bonchev–Trinajstić information content (AvgIpc) is 3.32. The van der Waals surface area contributed by atoms with E-state index in [0.717, 1.165) is 0 Å². The zero-order valence-corrected chi connectivity index (χ0v) is 19.1. The van der Waals surface area contributed by atoms with Gasteiger partial charge in [0.25, 0.3) is 11.5 Å². The Balaban J connectivity index is 1.39. The number of nitrogens with zero attached hydrogens (tertiary/aromatic N) is 3. The predicted molar refractivity (Wildman–Crippen MR) is 127 cm³/mol. The number of rotatable bonds is 7. The number of benzene rings is 2. The van der Waals surface area contributed by atoms with Crippen LogP contribution in [0.2, 0.25) is 5.02 Å². The van der Waals surface area contributed by atoms with E-state index in [-0.39, 0.29) is 24.1 Å². The maximum atomic E-state index is 12.8. The second-order valence-electron chi connectivity index (χ2n) is 7.52. The van der Waals surface area contributed by atoms with E-state index in [2.05, 4.69) is 20.9 Å². The molecule has 4 rings (SSSR count). The fourth-order valence-electron chi connectivity index (χ4n) is 3.45. The van der Waals surface area contributed by atoms with E-state index in [1.54, 1.807) is 36.5 Å². The van der Waals surface area contributed by atoms with Gasteiger partial charge < -0.3 is 4.42 Å². The van der Waals surface area contributed by atoms with Crippen molar-refractivity contribution in [2.24, 2.45) is 0 Å². The first-order valence-electron chi connectivity index (χ1n) is 10.8. The molecule has 0 atom stereocenters. The van der Waals surface area contributed by atoms with Gasteiger partial charge in [-0.2, -0.15) is 5.10 Å². The van der Waals surface area contributed by atoms with Gasteiger partial charge in [0.05, 0.1) is 16.6 Å². The molecule has 9 nitrogen and oxygen atoms in total. The van der Waals surface area contributed by atoms with Gasteiger partial charge in [0.15, 0.2) is 17.3 Å². The largest absolute Gasteiger partial charge is 0.441 e. The van der Waals surface area contributed by atoms with Crippen molar-refractivity contribution in [3.63, 3.8) is 0 Å². The van der Waals surface area contributed by atoms with Crippen LogP contribution in [0.4, 0.5) is 0 Å². The Bertz CT molecular complexity index is 1410. The van der Waals surface area contributed by atoms with Crippen LogP contribution in [0, 0.1) is 0 Å². The standard InChI is InChI=1S/C24H22ClN5O4/c1-2-13-30-24(33)16-8-4-3-7-15(16)22(29-30)23(32)28-27-20(31)11-12-21-26-14-19(34-21)17-9-5-6-10-18(17)25/h3-10,14H,2,11-13H2,1H3,(H,27,31)(H,28,32). The molecular formula is C24H22ClN5O4. The number of fused-ring (bicyclic) bond motifs is 1. The summed E-state index contributed by atoms with van der Waals surface area (Å²) in [5.74, 6) is -0.172. The molecule has 2 N–H and O–H groups in total. The molecule has 10 heteroatoms. The molecule has 0 saturated carbocycles. The van der Waals surface area contributed by atoms with E-state index >= 15 is 0 Å². The van der Waals surface area contributed by atoms with Crippen molar-refractivity contribution in [2.45, 2.75) is 32.7 Å². The van der Waals surface area contributed by atoms with E-state index in [0.29, 0.717) is 46.0 Å². The second kappa shape index (κ2) is 10.3. The molecule has 174 valence electrons. The third-order valence-electron chi connectivity index (χ3n) is 5.09. The summed E-state index contributed by atoms with van der Waals surface area (Å²) in [4.78, 5) is 41.8. The van der Waals surface area contributed by atoms with Crippen molar-refractivity contribution in [2.75, 3.05) is 0 Å². The number of amides is 2. The summed E-state index contributed by atoms with van der Waals surface area (Å²) in [6.07, 6.45) is 2.50. The molecule has 34 heavy (non-hydrogen) atoms. The molecule has 0 spiro atoms. The summed E-state index contributed by atoms with van der Waals surface area (Å²) < 4.78 is 6.95. The first-order valence-corrected chi connectivity index (χ1v) is 11.1. The van der Waals surface area contributed by atoms with Crippen LogP contribution in [0.15, 0.2) is 63.9 Å². The number of nitrogens with one attached hydrogen (secondary N) is 2. The van der Waals surface area contributed by atoms with Crippen molar-refractivity contribution < 1.29 is 14.0 Å². The molecule has 2 amide bonds. The fraction of sp³-hybridized carbons (Fsp3) is 0.208. The highest BCUT2D eigenvalue weighted by Crippen LogP contribution is 2.28. The Hall–Kier alpha value is -3.98. The molecule has 2 aromatic heterocycles. The lowest BCUT2D eigenvalue weighted by Gasteiger charge is -2.11. The highest BCUT2D eigenvalue weighted by molar-refractivity contribution is 6.33. The number of carbonyl (C=O) groups excluding carboxylic acids is 2. The minimum Gasteiger partial charge on any atom is -0.441 e. The third kappa shape index (κ3) is 4.99. The molecule has 2 heterocycles. The molecule has 0 unspecified atom stereocenters. The summed E-state index contributed by atoms with van der Waals surface area (Å²) in [6.45, 7) is 2.29. The number of hydrogen-bond acceptors (Lipinski definition) is 6. The minimum absolute atomic E-state index is 0.0340. The first kappa shape index (κ1) is 23.2. The molecule has 0 saturated heterocycles. The van der Waals surface area contributed by atoms with Crippen LogP contribution in [-0.4, -0.2) is 26.6 Å². The van der Waals surface area contributed by atoms with Crippen LogP contribution < -0.4 is 16.4 Å². The zero-order valence-electron chi connectivity index (χ0n) is 18.4. The number of aromatic nitrogens is 3. The lowest BCUT2D eigenvalue weighted by atomic mass is 10.1. The number of aryl methyl sites for hydroxylation is 2. The lowest BCUT2D eigenvalue weighted by molar-refractivity contribution is -0.121. The Morgan fingerprint density at radius 3 is 2.56 bits per heavy atom. The molecule has 0 aliphatic heterocycles. The quantitative estimate of drug-likeness (QED) is 0.391. The molecule has 0 aliphatic rings. The Morgan fingerprint density at radius 1 is 1.06 bits per heavy atom. The molecule has 0 fully saturated rings. The lowest BCUT2D eigenvalue weighted by Crippen LogP contribution is -2.43. The third-order valence-corrected chi connectivity index (χ3v) is 5.42. The van der Waals surface area contributed by atoms with Crippen LogP contribution in [0.3, 0.4) is 0 Å². The van der Waals surface area contributed by atoms with E-state index in [1.807, 2.05) is 25.1 Å². The minimum atomic E-state index is -0.619. The van der Waals surface area contributed by atoms with Crippen LogP contribution in [0.5, 0.6) is 0 Å². The SMILES string of the molecule is CCCn1nc(C(=O)NNC(=O)CCc2ncc(-c3ccccc3Cl)o2)c2ccccc2c1=O. The Labute approximate surface area is 199 Å². The van der Waals surface area contributed by atoms with Crippen molar-refractivity contribution >= 4 is 34.2 Å². The molecule has 2 aromatic carbocycles. The molecule has 4 aromatic rings. The Kier molecular flexibility index (Phi) is 7.03. The van der Waals surface area contributed by atoms with Crippen LogP contribution in [0.1, 0.15) is 36.1 Å². The van der Waals surface area contributed by atoms with Crippen LogP contribution >= 0.6 is 11.6 Å². The summed E-state index contributed by atoms with van der Waals surface area (Å²) in [6, 6.07) is 14.0. The van der Waals surface area contributed by atoms with E-state index < -0.39 is 11.8 Å². The van der Waals surface area contributed by atoms with E-state index in [1.165, 1.54) is 4.68 Å². The number of hydrazine groups is 1. The average molecular weight is 480 g/mol. The number of carbonyl (C=O) groups is 2. The van der Waals surface area contributed by atoms with E-state index in [9.17, 15) is 14.4 Å². The van der Waals surface area contributed by atoms with Crippen molar-refractivity contribution in [3.8, 4) is 11.3 Å². The summed E-state index contributed by atoms with van der Waals surface area (Å²) in [7, 11) is 0. The van der Waals surface area contributed by atoms with Crippen molar-refractivity contribution in [3.05, 3.63) is 81.7 Å². The summed E-state index contributed by atoms with van der Waals surface area (Å²) in [5, 5.41) is 5.55. The van der Waals surface area contributed by atoms with Gasteiger partial charge in [-0.25, -0.2) is 9.67 Å². The van der Waals surface area contributed by atoms with E-state index in [4.69, 9.17) is 16.0 Å². The molecule has 0 radical (unpaired) electrons. The summed E-state index contributed by atoms with van der Waals surface area (Å²) >= 11 is 6.17. The van der Waals surface area contributed by atoms with Crippen molar-refractivity contribution in [1.82, 2.24) is 25.6 Å². The molecular weight excluding hydrogens is 458 g/mol. The summed E-state index contributed by atoms with van der Waals surface area (Å²) in [5.41, 5.74) is 5.25. The van der Waals surface area contributed by atoms with Gasteiger partial charge in [0.1, 0.15) is 0 Å². The van der Waals surface area contributed by atoms with Crippen LogP contribution in [0.25, 0.3) is 22.1 Å². The van der Waals surface area contributed by atoms with Gasteiger partial charge >= 0.3 is 0 Å². The van der Waals surface area contributed by atoms with Gasteiger partial charge in [-0.3, -0.25) is 25.2 Å². The number of oxazole rings is 1. The fourth-order valence-corrected chi connectivity index (χ4v) is 3.68. The van der Waals surface area contributed by atoms with Gasteiger partial charge in [-0.15, -0.1) is 0 Å². The number of halogens is 1. The molecule has 0 aliphatic carbocycles. The van der Waals surface area contributed by atoms with Gasteiger partial charge in [-0.1, -0.05) is 48.9 Å². The van der Waals surface area contributed by atoms with Crippen LogP contribution in [-0.2, 0) is 17.8 Å². The normalized spacial score (nSPS) is 10.9. The Morgan fingerprint density at radius 2 is 1.79 bits per heavy atom. The predicted octanol–water partition coefficient (Wildman–Crippen LogP) is 3.51.